The molecule has 0 atom stereocenters. The highest BCUT2D eigenvalue weighted by Crippen LogP contribution is 2.25. The first kappa shape index (κ1) is 11.8. The fourth-order valence-corrected chi connectivity index (χ4v) is 2.41. The van der Waals surface area contributed by atoms with Crippen LogP contribution in [0.1, 0.15) is 11.1 Å². The van der Waals surface area contributed by atoms with Gasteiger partial charge in [0.05, 0.1) is 11.6 Å². The third-order valence-electron chi connectivity index (χ3n) is 2.59. The molecule has 2 heterocycles. The maximum absolute atomic E-state index is 8.73. The molecule has 0 spiro atoms. The molecule has 2 aromatic heterocycles. The Hall–Kier alpha value is -2.32. The summed E-state index contributed by atoms with van der Waals surface area (Å²) in [5.74, 6) is 0.749. The van der Waals surface area contributed by atoms with Crippen LogP contribution < -0.4 is 0 Å². The maximum Gasteiger partial charge on any atom is 0.258 e. The van der Waals surface area contributed by atoms with E-state index in [1.807, 2.05) is 36.4 Å². The summed E-state index contributed by atoms with van der Waals surface area (Å²) in [7, 11) is 0. The molecule has 5 heteroatoms. The number of aromatic nitrogens is 2. The Labute approximate surface area is 114 Å². The van der Waals surface area contributed by atoms with Gasteiger partial charge in [0.1, 0.15) is 0 Å². The Morgan fingerprint density at radius 2 is 2.05 bits per heavy atom. The zero-order chi connectivity index (χ0) is 13.1. The quantitative estimate of drug-likeness (QED) is 0.681. The van der Waals surface area contributed by atoms with E-state index < -0.39 is 0 Å². The van der Waals surface area contributed by atoms with Crippen LogP contribution in [0.15, 0.2) is 52.2 Å². The fourth-order valence-electron chi connectivity index (χ4n) is 1.63. The van der Waals surface area contributed by atoms with Crippen molar-refractivity contribution in [3.8, 4) is 6.07 Å². The number of thioether (sulfide) groups is 1. The predicted octanol–water partition coefficient (Wildman–Crippen LogP) is 3.39. The Morgan fingerprint density at radius 3 is 2.79 bits per heavy atom. The number of nitrogens with zero attached hydrogens (tertiary/aromatic N) is 3. The van der Waals surface area contributed by atoms with Crippen molar-refractivity contribution in [1.29, 1.82) is 5.26 Å². The standard InChI is InChI=1S/C14H9N3OS/c15-8-10-3-5-11(6-4-10)9-19-14-17-13-12(18-14)2-1-7-16-13/h1-7H,9H2. The molecule has 0 aliphatic carbocycles. The Bertz CT molecular complexity index is 710. The first-order valence-corrected chi connectivity index (χ1v) is 6.67. The molecule has 0 fully saturated rings. The van der Waals surface area contributed by atoms with Crippen LogP contribution in [0.25, 0.3) is 11.2 Å². The lowest BCUT2D eigenvalue weighted by molar-refractivity contribution is 0.489. The van der Waals surface area contributed by atoms with E-state index in [9.17, 15) is 0 Å². The van der Waals surface area contributed by atoms with E-state index in [0.717, 1.165) is 11.3 Å². The second-order valence-electron chi connectivity index (χ2n) is 3.90. The summed E-state index contributed by atoms with van der Waals surface area (Å²) in [5.41, 5.74) is 3.12. The van der Waals surface area contributed by atoms with Crippen LogP contribution in [-0.2, 0) is 5.75 Å². The van der Waals surface area contributed by atoms with Gasteiger partial charge in [-0.15, -0.1) is 0 Å². The molecule has 0 saturated heterocycles. The Balaban J connectivity index is 1.73. The van der Waals surface area contributed by atoms with Crippen LogP contribution in [0.4, 0.5) is 0 Å². The number of benzene rings is 1. The molecule has 0 aliphatic heterocycles. The number of nitriles is 1. The van der Waals surface area contributed by atoms with Crippen LogP contribution in [0.3, 0.4) is 0 Å². The molecule has 0 unspecified atom stereocenters. The van der Waals surface area contributed by atoms with Crippen LogP contribution in [0, 0.1) is 11.3 Å². The average molecular weight is 267 g/mol. The zero-order valence-electron chi connectivity index (χ0n) is 9.91. The molecule has 3 aromatic rings. The molecular weight excluding hydrogens is 258 g/mol. The van der Waals surface area contributed by atoms with Gasteiger partial charge in [0.25, 0.3) is 5.22 Å². The minimum absolute atomic E-state index is 0.609. The van der Waals surface area contributed by atoms with Crippen molar-refractivity contribution in [3.63, 3.8) is 0 Å². The molecule has 0 saturated carbocycles. The largest absolute Gasteiger partial charge is 0.430 e. The summed E-state index contributed by atoms with van der Waals surface area (Å²) in [5, 5.41) is 9.34. The van der Waals surface area contributed by atoms with Crippen LogP contribution >= 0.6 is 11.8 Å². The molecule has 1 aromatic carbocycles. The van der Waals surface area contributed by atoms with Crippen molar-refractivity contribution in [1.82, 2.24) is 9.97 Å². The summed E-state index contributed by atoms with van der Waals surface area (Å²) in [6.45, 7) is 0. The highest BCUT2D eigenvalue weighted by molar-refractivity contribution is 7.98. The third kappa shape index (κ3) is 2.59. The van der Waals surface area contributed by atoms with Gasteiger partial charge >= 0.3 is 0 Å². The van der Waals surface area contributed by atoms with E-state index in [1.165, 1.54) is 11.8 Å². The van der Waals surface area contributed by atoms with Crippen molar-refractivity contribution < 1.29 is 4.42 Å². The van der Waals surface area contributed by atoms with Gasteiger partial charge < -0.3 is 4.42 Å². The summed E-state index contributed by atoms with van der Waals surface area (Å²) in [6, 6.07) is 13.3. The van der Waals surface area contributed by atoms with Gasteiger partial charge in [-0.1, -0.05) is 23.9 Å². The Morgan fingerprint density at radius 1 is 1.21 bits per heavy atom. The number of fused-ring (bicyclic) bond motifs is 1. The Kier molecular flexibility index (Phi) is 3.17. The molecule has 0 bridgehead atoms. The fraction of sp³-hybridized carbons (Fsp3) is 0.0714. The topological polar surface area (TPSA) is 62.7 Å². The van der Waals surface area contributed by atoms with Crippen LogP contribution in [-0.4, -0.2) is 9.97 Å². The van der Waals surface area contributed by atoms with Crippen molar-refractivity contribution in [3.05, 3.63) is 53.7 Å². The highest BCUT2D eigenvalue weighted by atomic mass is 32.2. The molecule has 3 rings (SSSR count). The van der Waals surface area contributed by atoms with Gasteiger partial charge in [0.15, 0.2) is 11.2 Å². The summed E-state index contributed by atoms with van der Waals surface area (Å²) < 4.78 is 5.57. The second kappa shape index (κ2) is 5.12. The molecule has 92 valence electrons. The van der Waals surface area contributed by atoms with Gasteiger partial charge in [-0.2, -0.15) is 10.2 Å². The first-order chi connectivity index (χ1) is 9.35. The lowest BCUT2D eigenvalue weighted by atomic mass is 10.2. The van der Waals surface area contributed by atoms with Crippen LogP contribution in [0.2, 0.25) is 0 Å². The number of pyridine rings is 1. The summed E-state index contributed by atoms with van der Waals surface area (Å²) in [4.78, 5) is 8.42. The molecule has 4 nitrogen and oxygen atoms in total. The van der Waals surface area contributed by atoms with Crippen LogP contribution in [0.5, 0.6) is 0 Å². The molecule has 0 amide bonds. The lowest BCUT2D eigenvalue weighted by Crippen LogP contribution is -1.81. The smallest absolute Gasteiger partial charge is 0.258 e. The highest BCUT2D eigenvalue weighted by Gasteiger charge is 2.06. The first-order valence-electron chi connectivity index (χ1n) is 5.68. The predicted molar refractivity (Wildman–Crippen MR) is 72.5 cm³/mol. The SMILES string of the molecule is N#Cc1ccc(CSc2nc3ncccc3o2)cc1. The van der Waals surface area contributed by atoms with E-state index in [2.05, 4.69) is 16.0 Å². The van der Waals surface area contributed by atoms with Gasteiger partial charge in [0.2, 0.25) is 0 Å². The monoisotopic (exact) mass is 267 g/mol. The van der Waals surface area contributed by atoms with E-state index in [0.29, 0.717) is 22.0 Å². The summed E-state index contributed by atoms with van der Waals surface area (Å²) in [6.07, 6.45) is 1.69. The minimum atomic E-state index is 0.609. The number of oxazole rings is 1. The van der Waals surface area contributed by atoms with Crippen molar-refractivity contribution in [2.75, 3.05) is 0 Å². The van der Waals surface area contributed by atoms with Crippen molar-refractivity contribution >= 4 is 23.0 Å². The lowest BCUT2D eigenvalue weighted by Gasteiger charge is -1.97. The van der Waals surface area contributed by atoms with Gasteiger partial charge in [-0.3, -0.25) is 0 Å². The van der Waals surface area contributed by atoms with E-state index in [1.54, 1.807) is 6.20 Å². The molecule has 0 aliphatic rings. The molecule has 19 heavy (non-hydrogen) atoms. The van der Waals surface area contributed by atoms with Crippen molar-refractivity contribution in [2.24, 2.45) is 0 Å². The molecule has 0 N–H and O–H groups in total. The molecular formula is C14H9N3OS. The maximum atomic E-state index is 8.73. The van der Waals surface area contributed by atoms with Gasteiger partial charge in [-0.05, 0) is 29.8 Å². The summed E-state index contributed by atoms with van der Waals surface area (Å²) >= 11 is 1.51. The van der Waals surface area contributed by atoms with E-state index in [4.69, 9.17) is 9.68 Å². The van der Waals surface area contributed by atoms with Gasteiger partial charge in [0, 0.05) is 11.9 Å². The number of hydrogen-bond acceptors (Lipinski definition) is 5. The second-order valence-corrected chi connectivity index (χ2v) is 4.83. The third-order valence-corrected chi connectivity index (χ3v) is 3.49. The molecule has 0 radical (unpaired) electrons. The minimum Gasteiger partial charge on any atom is -0.430 e. The normalized spacial score (nSPS) is 10.5. The van der Waals surface area contributed by atoms with Crippen molar-refractivity contribution in [2.45, 2.75) is 11.0 Å². The van der Waals surface area contributed by atoms with E-state index in [-0.39, 0.29) is 0 Å². The average Bonchev–Trinajstić information content (AvgIpc) is 2.88. The number of hydrogen-bond donors (Lipinski definition) is 0. The number of rotatable bonds is 3. The van der Waals surface area contributed by atoms with E-state index >= 15 is 0 Å². The zero-order valence-corrected chi connectivity index (χ0v) is 10.7. The van der Waals surface area contributed by atoms with Gasteiger partial charge in [-0.25, -0.2) is 4.98 Å².